The highest BCUT2D eigenvalue weighted by Crippen LogP contribution is 2.34. The number of alkyl halides is 3. The number of nitrogens with zero attached hydrogens (tertiary/aromatic N) is 2. The van der Waals surface area contributed by atoms with E-state index in [4.69, 9.17) is 0 Å². The molecule has 3 rings (SSSR count). The van der Waals surface area contributed by atoms with Crippen molar-refractivity contribution in [1.29, 1.82) is 0 Å². The molecular weight excluding hydrogens is 383 g/mol. The van der Waals surface area contributed by atoms with Crippen molar-refractivity contribution >= 4 is 17.5 Å². The summed E-state index contributed by atoms with van der Waals surface area (Å²) in [5.74, 6) is 0.367. The Kier molecular flexibility index (Phi) is 7.16. The van der Waals surface area contributed by atoms with E-state index in [1.807, 2.05) is 9.80 Å². The Labute approximate surface area is 169 Å². The summed E-state index contributed by atoms with van der Waals surface area (Å²) < 4.78 is 39.1. The molecule has 1 heterocycles. The largest absolute Gasteiger partial charge is 0.418 e. The van der Waals surface area contributed by atoms with Crippen LogP contribution in [0.1, 0.15) is 44.1 Å². The average Bonchev–Trinajstić information content (AvgIpc) is 3.20. The fourth-order valence-electron chi connectivity index (χ4n) is 4.17. The van der Waals surface area contributed by atoms with Crippen LogP contribution in [-0.4, -0.2) is 54.3 Å². The van der Waals surface area contributed by atoms with E-state index >= 15 is 0 Å². The molecule has 0 radical (unpaired) electrons. The van der Waals surface area contributed by atoms with Crippen molar-refractivity contribution in [3.63, 3.8) is 0 Å². The predicted octanol–water partition coefficient (Wildman–Crippen LogP) is 3.76. The maximum Gasteiger partial charge on any atom is 0.418 e. The molecule has 2 aliphatic rings. The summed E-state index contributed by atoms with van der Waals surface area (Å²) in [5.41, 5.74) is -1.09. The Morgan fingerprint density at radius 3 is 2.34 bits per heavy atom. The first kappa shape index (κ1) is 21.6. The van der Waals surface area contributed by atoms with Crippen LogP contribution in [0.25, 0.3) is 0 Å². The van der Waals surface area contributed by atoms with Gasteiger partial charge in [0.25, 0.3) is 0 Å². The monoisotopic (exact) mass is 411 g/mol. The van der Waals surface area contributed by atoms with Crippen molar-refractivity contribution in [3.8, 4) is 0 Å². The third-order valence-corrected chi connectivity index (χ3v) is 5.84. The summed E-state index contributed by atoms with van der Waals surface area (Å²) in [7, 11) is 0. The van der Waals surface area contributed by atoms with Crippen molar-refractivity contribution in [2.75, 3.05) is 38.0 Å². The van der Waals surface area contributed by atoms with Gasteiger partial charge >= 0.3 is 6.18 Å². The van der Waals surface area contributed by atoms with Crippen LogP contribution in [-0.2, 0) is 15.8 Å². The topological polar surface area (TPSA) is 52.7 Å². The zero-order valence-electron chi connectivity index (χ0n) is 16.5. The van der Waals surface area contributed by atoms with Gasteiger partial charge in [-0.3, -0.25) is 14.5 Å². The Balaban J connectivity index is 1.42. The SMILES string of the molecule is O=C(CN1CCN(C(=O)CCC2CCCC2)CC1)Nc1ccccc1C(F)(F)F. The normalized spacial score (nSPS) is 18.8. The molecule has 0 atom stereocenters. The maximum absolute atomic E-state index is 13.0. The fraction of sp³-hybridized carbons (Fsp3) is 0.619. The average molecular weight is 411 g/mol. The van der Waals surface area contributed by atoms with Gasteiger partial charge in [-0.15, -0.1) is 0 Å². The number of carbonyl (C=O) groups excluding carboxylic acids is 2. The van der Waals surface area contributed by atoms with E-state index in [2.05, 4.69) is 5.32 Å². The number of amides is 2. The van der Waals surface area contributed by atoms with Gasteiger partial charge in [0.1, 0.15) is 0 Å². The molecule has 1 aromatic carbocycles. The molecule has 1 N–H and O–H groups in total. The number of carbonyl (C=O) groups is 2. The Morgan fingerprint density at radius 2 is 1.69 bits per heavy atom. The minimum absolute atomic E-state index is 0.0102. The zero-order valence-corrected chi connectivity index (χ0v) is 16.5. The molecule has 2 fully saturated rings. The molecule has 8 heteroatoms. The van der Waals surface area contributed by atoms with Gasteiger partial charge in [-0.25, -0.2) is 0 Å². The van der Waals surface area contributed by atoms with Crippen LogP contribution in [0.4, 0.5) is 18.9 Å². The highest BCUT2D eigenvalue weighted by molar-refractivity contribution is 5.93. The lowest BCUT2D eigenvalue weighted by Crippen LogP contribution is -2.50. The van der Waals surface area contributed by atoms with Gasteiger partial charge in [0.2, 0.25) is 11.8 Å². The molecule has 0 unspecified atom stereocenters. The van der Waals surface area contributed by atoms with Crippen LogP contribution < -0.4 is 5.32 Å². The molecule has 1 saturated heterocycles. The third-order valence-electron chi connectivity index (χ3n) is 5.84. The molecule has 1 aliphatic heterocycles. The maximum atomic E-state index is 13.0. The molecule has 0 bridgehead atoms. The first-order valence-corrected chi connectivity index (χ1v) is 10.3. The van der Waals surface area contributed by atoms with Gasteiger partial charge in [0.15, 0.2) is 0 Å². The fourth-order valence-corrected chi connectivity index (χ4v) is 4.17. The van der Waals surface area contributed by atoms with Crippen LogP contribution in [0, 0.1) is 5.92 Å². The minimum Gasteiger partial charge on any atom is -0.340 e. The van der Waals surface area contributed by atoms with Crippen LogP contribution in [0.15, 0.2) is 24.3 Å². The number of hydrogen-bond acceptors (Lipinski definition) is 3. The van der Waals surface area contributed by atoms with Crippen LogP contribution in [0.5, 0.6) is 0 Å². The molecule has 1 saturated carbocycles. The standard InChI is InChI=1S/C21H28F3N3O2/c22-21(23,24)17-7-3-4-8-18(17)25-19(28)15-26-11-13-27(14-12-26)20(29)10-9-16-5-1-2-6-16/h3-4,7-8,16H,1-2,5-6,9-15H2,(H,25,28). The van der Waals surface area contributed by atoms with Gasteiger partial charge in [0.05, 0.1) is 17.8 Å². The second-order valence-electron chi connectivity index (χ2n) is 7.94. The van der Waals surface area contributed by atoms with Gasteiger partial charge in [-0.1, -0.05) is 37.8 Å². The van der Waals surface area contributed by atoms with Crippen molar-refractivity contribution in [3.05, 3.63) is 29.8 Å². The number of hydrogen-bond donors (Lipinski definition) is 1. The van der Waals surface area contributed by atoms with Crippen molar-refractivity contribution in [2.45, 2.75) is 44.7 Å². The van der Waals surface area contributed by atoms with Crippen molar-refractivity contribution in [1.82, 2.24) is 9.80 Å². The lowest BCUT2D eigenvalue weighted by molar-refractivity contribution is -0.137. The Hall–Kier alpha value is -2.09. The summed E-state index contributed by atoms with van der Waals surface area (Å²) in [6.07, 6.45) is 2.02. The number of rotatable bonds is 6. The Morgan fingerprint density at radius 1 is 1.03 bits per heavy atom. The highest BCUT2D eigenvalue weighted by Gasteiger charge is 2.33. The lowest BCUT2D eigenvalue weighted by atomic mass is 10.0. The molecule has 29 heavy (non-hydrogen) atoms. The molecule has 160 valence electrons. The van der Waals surface area contributed by atoms with E-state index in [-0.39, 0.29) is 18.1 Å². The van der Waals surface area contributed by atoms with Crippen molar-refractivity contribution < 1.29 is 22.8 Å². The first-order valence-electron chi connectivity index (χ1n) is 10.3. The number of anilines is 1. The predicted molar refractivity (Wildman–Crippen MR) is 104 cm³/mol. The van der Waals surface area contributed by atoms with Crippen LogP contribution >= 0.6 is 0 Å². The number of para-hydroxylation sites is 1. The molecular formula is C21H28F3N3O2. The van der Waals surface area contributed by atoms with Gasteiger partial charge in [0, 0.05) is 32.6 Å². The summed E-state index contributed by atoms with van der Waals surface area (Å²) >= 11 is 0. The Bertz CT molecular complexity index is 709. The second-order valence-corrected chi connectivity index (χ2v) is 7.94. The summed E-state index contributed by atoms with van der Waals surface area (Å²) in [5, 5.41) is 2.37. The summed E-state index contributed by atoms with van der Waals surface area (Å²) in [6.45, 7) is 2.20. The molecule has 0 aromatic heterocycles. The van der Waals surface area contributed by atoms with E-state index in [1.54, 1.807) is 0 Å². The van der Waals surface area contributed by atoms with Gasteiger partial charge in [-0.05, 0) is 24.5 Å². The smallest absolute Gasteiger partial charge is 0.340 e. The molecule has 0 spiro atoms. The first-order chi connectivity index (χ1) is 13.8. The van der Waals surface area contributed by atoms with Gasteiger partial charge in [-0.2, -0.15) is 13.2 Å². The van der Waals surface area contributed by atoms with Gasteiger partial charge < -0.3 is 10.2 Å². The molecule has 5 nitrogen and oxygen atoms in total. The van der Waals surface area contributed by atoms with Crippen molar-refractivity contribution in [2.24, 2.45) is 5.92 Å². The number of benzene rings is 1. The molecule has 1 aliphatic carbocycles. The van der Waals surface area contributed by atoms with E-state index in [1.165, 1.54) is 43.9 Å². The third kappa shape index (κ3) is 6.19. The molecule has 2 amide bonds. The lowest BCUT2D eigenvalue weighted by Gasteiger charge is -2.34. The second kappa shape index (κ2) is 9.61. The quantitative estimate of drug-likeness (QED) is 0.776. The number of nitrogens with one attached hydrogen (secondary N) is 1. The summed E-state index contributed by atoms with van der Waals surface area (Å²) in [6, 6.07) is 4.95. The van der Waals surface area contributed by atoms with E-state index < -0.39 is 17.6 Å². The van der Waals surface area contributed by atoms with E-state index in [9.17, 15) is 22.8 Å². The van der Waals surface area contributed by atoms with Crippen LogP contribution in [0.2, 0.25) is 0 Å². The van der Waals surface area contributed by atoms with E-state index in [0.29, 0.717) is 38.5 Å². The van der Waals surface area contributed by atoms with E-state index in [0.717, 1.165) is 12.5 Å². The minimum atomic E-state index is -4.52. The number of halogens is 3. The zero-order chi connectivity index (χ0) is 20.9. The highest BCUT2D eigenvalue weighted by atomic mass is 19.4. The van der Waals surface area contributed by atoms with Crippen LogP contribution in [0.3, 0.4) is 0 Å². The summed E-state index contributed by atoms with van der Waals surface area (Å²) in [4.78, 5) is 28.3. The molecule has 1 aromatic rings. The number of piperazine rings is 1.